The zero-order valence-electron chi connectivity index (χ0n) is 6.31. The standard InChI is InChI=1S/C5H7N5O2/c1-7-5-3(10(11)12)4(6)8-2-9-5/h2H,1H3,(H3,6,7,8,9). The molecule has 0 aromatic carbocycles. The highest BCUT2D eigenvalue weighted by molar-refractivity contribution is 5.66. The van der Waals surface area contributed by atoms with Crippen LogP contribution in [0.3, 0.4) is 0 Å². The van der Waals surface area contributed by atoms with Crippen molar-refractivity contribution in [3.05, 3.63) is 16.4 Å². The molecule has 0 aliphatic heterocycles. The van der Waals surface area contributed by atoms with E-state index < -0.39 is 4.92 Å². The number of nitrogen functional groups attached to an aromatic ring is 1. The molecule has 3 N–H and O–H groups in total. The van der Waals surface area contributed by atoms with Gasteiger partial charge in [0.1, 0.15) is 6.33 Å². The van der Waals surface area contributed by atoms with Crippen LogP contribution in [0.4, 0.5) is 17.3 Å². The normalized spacial score (nSPS) is 9.42. The highest BCUT2D eigenvalue weighted by Gasteiger charge is 2.19. The van der Waals surface area contributed by atoms with E-state index in [-0.39, 0.29) is 17.3 Å². The summed E-state index contributed by atoms with van der Waals surface area (Å²) in [5, 5.41) is 13.0. The van der Waals surface area contributed by atoms with E-state index in [0.717, 1.165) is 6.33 Å². The van der Waals surface area contributed by atoms with Crippen LogP contribution in [0.1, 0.15) is 0 Å². The molecule has 64 valence electrons. The van der Waals surface area contributed by atoms with Crippen LogP contribution in [0.2, 0.25) is 0 Å². The number of aromatic nitrogens is 2. The number of nitrogens with zero attached hydrogens (tertiary/aromatic N) is 3. The fourth-order valence-electron chi connectivity index (χ4n) is 0.755. The molecule has 0 amide bonds. The van der Waals surface area contributed by atoms with E-state index in [0.29, 0.717) is 0 Å². The Morgan fingerprint density at radius 2 is 2.33 bits per heavy atom. The first-order chi connectivity index (χ1) is 5.66. The molecular weight excluding hydrogens is 162 g/mol. The van der Waals surface area contributed by atoms with Gasteiger partial charge in [-0.25, -0.2) is 9.97 Å². The molecule has 0 aliphatic carbocycles. The second-order valence-electron chi connectivity index (χ2n) is 1.96. The van der Waals surface area contributed by atoms with E-state index in [1.54, 1.807) is 0 Å². The Morgan fingerprint density at radius 3 is 2.75 bits per heavy atom. The molecule has 0 bridgehead atoms. The number of nitrogens with one attached hydrogen (secondary N) is 1. The second kappa shape index (κ2) is 2.99. The van der Waals surface area contributed by atoms with Gasteiger partial charge in [0.2, 0.25) is 11.6 Å². The van der Waals surface area contributed by atoms with E-state index in [9.17, 15) is 10.1 Å². The van der Waals surface area contributed by atoms with E-state index in [2.05, 4.69) is 15.3 Å². The lowest BCUT2D eigenvalue weighted by Crippen LogP contribution is -2.04. The largest absolute Gasteiger partial charge is 0.378 e. The minimum Gasteiger partial charge on any atom is -0.378 e. The van der Waals surface area contributed by atoms with Crippen molar-refractivity contribution in [1.82, 2.24) is 9.97 Å². The zero-order valence-corrected chi connectivity index (χ0v) is 6.31. The summed E-state index contributed by atoms with van der Waals surface area (Å²) in [6, 6.07) is 0. The van der Waals surface area contributed by atoms with Gasteiger partial charge in [0, 0.05) is 7.05 Å². The third-order valence-electron chi connectivity index (χ3n) is 1.27. The molecule has 0 atom stereocenters. The number of hydrogen-bond donors (Lipinski definition) is 2. The summed E-state index contributed by atoms with van der Waals surface area (Å²) in [5.74, 6) is -0.0214. The first-order valence-corrected chi connectivity index (χ1v) is 3.09. The summed E-state index contributed by atoms with van der Waals surface area (Å²) in [7, 11) is 1.52. The SMILES string of the molecule is CNc1ncnc(N)c1[N+](=O)[O-]. The van der Waals surface area contributed by atoms with Gasteiger partial charge in [0.25, 0.3) is 0 Å². The minimum atomic E-state index is -0.624. The number of anilines is 2. The Hall–Kier alpha value is -1.92. The van der Waals surface area contributed by atoms with E-state index in [1.807, 2.05) is 0 Å². The van der Waals surface area contributed by atoms with Gasteiger partial charge in [-0.3, -0.25) is 10.1 Å². The lowest BCUT2D eigenvalue weighted by Gasteiger charge is -2.00. The number of nitro groups is 1. The van der Waals surface area contributed by atoms with Crippen molar-refractivity contribution in [2.45, 2.75) is 0 Å². The van der Waals surface area contributed by atoms with Gasteiger partial charge >= 0.3 is 5.69 Å². The van der Waals surface area contributed by atoms with Crippen molar-refractivity contribution >= 4 is 17.3 Å². The molecule has 0 spiro atoms. The van der Waals surface area contributed by atoms with Crippen molar-refractivity contribution in [3.8, 4) is 0 Å². The Kier molecular flexibility index (Phi) is 2.04. The summed E-state index contributed by atoms with van der Waals surface area (Å²) in [6.07, 6.45) is 1.16. The van der Waals surface area contributed by atoms with Crippen molar-refractivity contribution < 1.29 is 4.92 Å². The van der Waals surface area contributed by atoms with Gasteiger partial charge < -0.3 is 11.1 Å². The van der Waals surface area contributed by atoms with E-state index in [1.165, 1.54) is 7.05 Å². The molecule has 0 unspecified atom stereocenters. The molecule has 1 aromatic rings. The monoisotopic (exact) mass is 169 g/mol. The highest BCUT2D eigenvalue weighted by atomic mass is 16.6. The Morgan fingerprint density at radius 1 is 1.67 bits per heavy atom. The first kappa shape index (κ1) is 8.18. The van der Waals surface area contributed by atoms with Crippen LogP contribution in [-0.2, 0) is 0 Å². The molecule has 1 heterocycles. The van der Waals surface area contributed by atoms with Gasteiger partial charge in [-0.05, 0) is 0 Å². The summed E-state index contributed by atoms with van der Waals surface area (Å²) < 4.78 is 0. The molecule has 0 saturated carbocycles. The third kappa shape index (κ3) is 1.24. The van der Waals surface area contributed by atoms with Crippen molar-refractivity contribution in [1.29, 1.82) is 0 Å². The molecule has 12 heavy (non-hydrogen) atoms. The molecule has 0 saturated heterocycles. The maximum absolute atomic E-state index is 10.4. The predicted octanol–water partition coefficient (Wildman–Crippen LogP) is 0.00870. The predicted molar refractivity (Wildman–Crippen MR) is 42.6 cm³/mol. The average molecular weight is 169 g/mol. The number of nitrogens with two attached hydrogens (primary N) is 1. The summed E-state index contributed by atoms with van der Waals surface area (Å²) >= 11 is 0. The lowest BCUT2D eigenvalue weighted by molar-refractivity contribution is -0.383. The van der Waals surface area contributed by atoms with Gasteiger partial charge in [0.15, 0.2) is 0 Å². The Bertz CT molecular complexity index is 313. The van der Waals surface area contributed by atoms with Crippen molar-refractivity contribution in [3.63, 3.8) is 0 Å². The van der Waals surface area contributed by atoms with E-state index >= 15 is 0 Å². The third-order valence-corrected chi connectivity index (χ3v) is 1.27. The van der Waals surface area contributed by atoms with Crippen LogP contribution < -0.4 is 11.1 Å². The summed E-state index contributed by atoms with van der Waals surface area (Å²) in [4.78, 5) is 16.9. The van der Waals surface area contributed by atoms with Crippen LogP contribution >= 0.6 is 0 Å². The smallest absolute Gasteiger partial charge is 0.352 e. The minimum absolute atomic E-state index is 0.118. The Labute approximate surface area is 67.8 Å². The number of rotatable bonds is 2. The molecule has 0 aliphatic rings. The van der Waals surface area contributed by atoms with Crippen LogP contribution in [0.15, 0.2) is 6.33 Å². The van der Waals surface area contributed by atoms with Crippen LogP contribution in [0.5, 0.6) is 0 Å². The number of hydrogen-bond acceptors (Lipinski definition) is 6. The van der Waals surface area contributed by atoms with E-state index in [4.69, 9.17) is 5.73 Å². The molecule has 7 heteroatoms. The van der Waals surface area contributed by atoms with Gasteiger partial charge in [-0.15, -0.1) is 0 Å². The lowest BCUT2D eigenvalue weighted by atomic mass is 10.4. The maximum atomic E-state index is 10.4. The summed E-state index contributed by atoms with van der Waals surface area (Å²) in [5.41, 5.74) is 4.97. The average Bonchev–Trinajstić information content (AvgIpc) is 2.03. The fraction of sp³-hybridized carbons (Fsp3) is 0.200. The topological polar surface area (TPSA) is 107 Å². The van der Waals surface area contributed by atoms with Gasteiger partial charge in [0.05, 0.1) is 4.92 Å². The van der Waals surface area contributed by atoms with Gasteiger partial charge in [-0.2, -0.15) is 0 Å². The first-order valence-electron chi connectivity index (χ1n) is 3.09. The Balaban J connectivity index is 3.29. The zero-order chi connectivity index (χ0) is 9.14. The van der Waals surface area contributed by atoms with Crippen molar-refractivity contribution in [2.24, 2.45) is 0 Å². The second-order valence-corrected chi connectivity index (χ2v) is 1.96. The molecular formula is C5H7N5O2. The quantitative estimate of drug-likeness (QED) is 0.477. The molecule has 0 fully saturated rings. The van der Waals surface area contributed by atoms with Crippen LogP contribution in [0, 0.1) is 10.1 Å². The highest BCUT2D eigenvalue weighted by Crippen LogP contribution is 2.25. The van der Waals surface area contributed by atoms with Crippen molar-refractivity contribution in [2.75, 3.05) is 18.1 Å². The molecule has 7 nitrogen and oxygen atoms in total. The molecule has 1 aromatic heterocycles. The van der Waals surface area contributed by atoms with Crippen LogP contribution in [-0.4, -0.2) is 21.9 Å². The molecule has 1 rings (SSSR count). The molecule has 0 radical (unpaired) electrons. The van der Waals surface area contributed by atoms with Gasteiger partial charge in [-0.1, -0.05) is 0 Å². The fourth-order valence-corrected chi connectivity index (χ4v) is 0.755. The van der Waals surface area contributed by atoms with Crippen LogP contribution in [0.25, 0.3) is 0 Å². The maximum Gasteiger partial charge on any atom is 0.352 e. The summed E-state index contributed by atoms with van der Waals surface area (Å²) in [6.45, 7) is 0.